The first-order valence-electron chi connectivity index (χ1n) is 7.11. The van der Waals surface area contributed by atoms with Crippen molar-refractivity contribution in [3.8, 4) is 5.75 Å². The minimum Gasteiger partial charge on any atom is -0.484 e. The third kappa shape index (κ3) is 3.28. The minimum absolute atomic E-state index is 0.113. The van der Waals surface area contributed by atoms with E-state index in [-0.39, 0.29) is 12.5 Å². The highest BCUT2D eigenvalue weighted by Gasteiger charge is 2.27. The molecule has 2 rings (SSSR count). The number of nitrogens with zero attached hydrogens (tertiary/aromatic N) is 1. The summed E-state index contributed by atoms with van der Waals surface area (Å²) in [7, 11) is 0. The zero-order valence-electron chi connectivity index (χ0n) is 12.1. The molecule has 1 aliphatic rings. The smallest absolute Gasteiger partial charge is 0.260 e. The summed E-state index contributed by atoms with van der Waals surface area (Å²) in [4.78, 5) is 14.1. The second kappa shape index (κ2) is 6.09. The molecule has 0 N–H and O–H groups in total. The summed E-state index contributed by atoms with van der Waals surface area (Å²) < 4.78 is 5.62. The van der Waals surface area contributed by atoms with Gasteiger partial charge in [0, 0.05) is 12.6 Å². The van der Waals surface area contributed by atoms with E-state index in [0.717, 1.165) is 31.6 Å². The summed E-state index contributed by atoms with van der Waals surface area (Å²) in [5.41, 5.74) is 2.43. The molecule has 1 atom stereocenters. The van der Waals surface area contributed by atoms with Gasteiger partial charge in [-0.05, 0) is 56.4 Å². The van der Waals surface area contributed by atoms with Gasteiger partial charge in [-0.25, -0.2) is 0 Å². The normalized spacial score (nSPS) is 18.7. The molecule has 0 aromatic heterocycles. The lowest BCUT2D eigenvalue weighted by Gasteiger charge is -2.23. The van der Waals surface area contributed by atoms with Crippen molar-refractivity contribution in [1.29, 1.82) is 0 Å². The zero-order chi connectivity index (χ0) is 13.8. The fraction of sp³-hybridized carbons (Fsp3) is 0.562. The fourth-order valence-corrected chi connectivity index (χ4v) is 2.62. The molecular formula is C16H23NO2. The van der Waals surface area contributed by atoms with Crippen LogP contribution < -0.4 is 4.74 Å². The Bertz CT molecular complexity index is 456. The van der Waals surface area contributed by atoms with Gasteiger partial charge < -0.3 is 9.64 Å². The van der Waals surface area contributed by atoms with Gasteiger partial charge in [-0.3, -0.25) is 4.79 Å². The molecule has 1 aliphatic heterocycles. The SMILES string of the molecule is CCC1CCCN1C(=O)COc1ccc(C)c(C)c1. The molecule has 3 heteroatoms. The number of benzene rings is 1. The third-order valence-electron chi connectivity index (χ3n) is 4.01. The molecule has 1 heterocycles. The topological polar surface area (TPSA) is 29.5 Å². The highest BCUT2D eigenvalue weighted by atomic mass is 16.5. The first-order valence-corrected chi connectivity index (χ1v) is 7.11. The number of likely N-dealkylation sites (tertiary alicyclic amines) is 1. The van der Waals surface area contributed by atoms with Crippen molar-refractivity contribution >= 4 is 5.91 Å². The van der Waals surface area contributed by atoms with Crippen LogP contribution in [-0.4, -0.2) is 30.0 Å². The Labute approximate surface area is 115 Å². The molecule has 19 heavy (non-hydrogen) atoms. The molecule has 1 aromatic rings. The van der Waals surface area contributed by atoms with Gasteiger partial charge in [0.1, 0.15) is 5.75 Å². The molecule has 1 fully saturated rings. The third-order valence-corrected chi connectivity index (χ3v) is 4.01. The lowest BCUT2D eigenvalue weighted by molar-refractivity contribution is -0.134. The molecule has 3 nitrogen and oxygen atoms in total. The molecule has 0 radical (unpaired) electrons. The number of hydrogen-bond donors (Lipinski definition) is 0. The van der Waals surface area contributed by atoms with Crippen molar-refractivity contribution in [2.24, 2.45) is 0 Å². The Kier molecular flexibility index (Phi) is 4.46. The van der Waals surface area contributed by atoms with Gasteiger partial charge in [-0.1, -0.05) is 13.0 Å². The standard InChI is InChI=1S/C16H23NO2/c1-4-14-6-5-9-17(14)16(18)11-19-15-8-7-12(2)13(3)10-15/h7-8,10,14H,4-6,9,11H2,1-3H3. The molecule has 0 spiro atoms. The number of amides is 1. The molecule has 0 bridgehead atoms. The molecule has 1 unspecified atom stereocenters. The number of hydrogen-bond acceptors (Lipinski definition) is 2. The molecule has 1 saturated heterocycles. The maximum Gasteiger partial charge on any atom is 0.260 e. The number of carbonyl (C=O) groups excluding carboxylic acids is 1. The second-order valence-electron chi connectivity index (χ2n) is 5.33. The lowest BCUT2D eigenvalue weighted by Crippen LogP contribution is -2.38. The van der Waals surface area contributed by atoms with Gasteiger partial charge in [0.25, 0.3) is 5.91 Å². The van der Waals surface area contributed by atoms with E-state index in [9.17, 15) is 4.79 Å². The van der Waals surface area contributed by atoms with Gasteiger partial charge in [0.05, 0.1) is 0 Å². The van der Waals surface area contributed by atoms with Crippen LogP contribution in [0.5, 0.6) is 5.75 Å². The van der Waals surface area contributed by atoms with Gasteiger partial charge in [0.15, 0.2) is 6.61 Å². The van der Waals surface area contributed by atoms with Gasteiger partial charge in [-0.2, -0.15) is 0 Å². The monoisotopic (exact) mass is 261 g/mol. The number of rotatable bonds is 4. The van der Waals surface area contributed by atoms with Crippen LogP contribution >= 0.6 is 0 Å². The van der Waals surface area contributed by atoms with Crippen LogP contribution in [0.4, 0.5) is 0 Å². The Balaban J connectivity index is 1.91. The molecule has 1 aromatic carbocycles. The van der Waals surface area contributed by atoms with E-state index in [1.807, 2.05) is 23.1 Å². The van der Waals surface area contributed by atoms with Crippen LogP contribution in [0.2, 0.25) is 0 Å². The van der Waals surface area contributed by atoms with E-state index in [1.165, 1.54) is 11.1 Å². The molecular weight excluding hydrogens is 238 g/mol. The van der Waals surface area contributed by atoms with Gasteiger partial charge in [0.2, 0.25) is 0 Å². The summed E-state index contributed by atoms with van der Waals surface area (Å²) in [6.45, 7) is 7.30. The fourth-order valence-electron chi connectivity index (χ4n) is 2.62. The van der Waals surface area contributed by atoms with Crippen LogP contribution in [-0.2, 0) is 4.79 Å². The van der Waals surface area contributed by atoms with Gasteiger partial charge >= 0.3 is 0 Å². The van der Waals surface area contributed by atoms with E-state index in [2.05, 4.69) is 20.8 Å². The van der Waals surface area contributed by atoms with Crippen molar-refractivity contribution in [2.45, 2.75) is 46.1 Å². The largest absolute Gasteiger partial charge is 0.484 e. The summed E-state index contributed by atoms with van der Waals surface area (Å²) in [5.74, 6) is 0.895. The van der Waals surface area contributed by atoms with E-state index in [0.29, 0.717) is 6.04 Å². The van der Waals surface area contributed by atoms with Crippen LogP contribution in [0.3, 0.4) is 0 Å². The van der Waals surface area contributed by atoms with E-state index in [1.54, 1.807) is 0 Å². The van der Waals surface area contributed by atoms with E-state index < -0.39 is 0 Å². The van der Waals surface area contributed by atoms with Gasteiger partial charge in [-0.15, -0.1) is 0 Å². The Morgan fingerprint density at radius 3 is 2.84 bits per heavy atom. The first kappa shape index (κ1) is 13.9. The molecule has 0 saturated carbocycles. The van der Waals surface area contributed by atoms with Crippen molar-refractivity contribution in [3.05, 3.63) is 29.3 Å². The predicted molar refractivity (Wildman–Crippen MR) is 76.4 cm³/mol. The summed E-state index contributed by atoms with van der Waals surface area (Å²) >= 11 is 0. The molecule has 104 valence electrons. The van der Waals surface area contributed by atoms with Crippen LogP contribution in [0.25, 0.3) is 0 Å². The Morgan fingerprint density at radius 1 is 1.37 bits per heavy atom. The maximum atomic E-state index is 12.1. The predicted octanol–water partition coefficient (Wildman–Crippen LogP) is 3.08. The quantitative estimate of drug-likeness (QED) is 0.833. The summed E-state index contributed by atoms with van der Waals surface area (Å²) in [6.07, 6.45) is 3.29. The number of ether oxygens (including phenoxy) is 1. The van der Waals surface area contributed by atoms with Crippen LogP contribution in [0.15, 0.2) is 18.2 Å². The van der Waals surface area contributed by atoms with E-state index >= 15 is 0 Å². The zero-order valence-corrected chi connectivity index (χ0v) is 12.1. The summed E-state index contributed by atoms with van der Waals surface area (Å²) in [5, 5.41) is 0. The average Bonchev–Trinajstić information content (AvgIpc) is 2.88. The number of aryl methyl sites for hydroxylation is 2. The van der Waals surface area contributed by atoms with Crippen molar-refractivity contribution in [2.75, 3.05) is 13.2 Å². The Hall–Kier alpha value is -1.51. The number of carbonyl (C=O) groups is 1. The van der Waals surface area contributed by atoms with Crippen molar-refractivity contribution in [3.63, 3.8) is 0 Å². The van der Waals surface area contributed by atoms with Crippen molar-refractivity contribution in [1.82, 2.24) is 4.90 Å². The molecule has 0 aliphatic carbocycles. The lowest BCUT2D eigenvalue weighted by atomic mass is 10.1. The first-order chi connectivity index (χ1) is 9.11. The average molecular weight is 261 g/mol. The van der Waals surface area contributed by atoms with Crippen LogP contribution in [0.1, 0.15) is 37.3 Å². The molecule has 1 amide bonds. The highest BCUT2D eigenvalue weighted by molar-refractivity contribution is 5.78. The van der Waals surface area contributed by atoms with Crippen molar-refractivity contribution < 1.29 is 9.53 Å². The van der Waals surface area contributed by atoms with E-state index in [4.69, 9.17) is 4.74 Å². The summed E-state index contributed by atoms with van der Waals surface area (Å²) in [6, 6.07) is 6.36. The minimum atomic E-state index is 0.113. The maximum absolute atomic E-state index is 12.1. The second-order valence-corrected chi connectivity index (χ2v) is 5.33. The Morgan fingerprint density at radius 2 is 2.16 bits per heavy atom. The van der Waals surface area contributed by atoms with Crippen LogP contribution in [0, 0.1) is 13.8 Å². The highest BCUT2D eigenvalue weighted by Crippen LogP contribution is 2.21.